The van der Waals surface area contributed by atoms with Crippen molar-refractivity contribution in [3.8, 4) is 11.3 Å². The highest BCUT2D eigenvalue weighted by atomic mass is 16.5. The van der Waals surface area contributed by atoms with Crippen LogP contribution < -0.4 is 5.32 Å². The Morgan fingerprint density at radius 1 is 1.17 bits per heavy atom. The second-order valence-corrected chi connectivity index (χ2v) is 5.82. The van der Waals surface area contributed by atoms with Gasteiger partial charge in [-0.25, -0.2) is 9.48 Å². The number of fused-ring (bicyclic) bond motifs is 3. The summed E-state index contributed by atoms with van der Waals surface area (Å²) in [6.07, 6.45) is -0.115. The first kappa shape index (κ1) is 14.5. The van der Waals surface area contributed by atoms with Gasteiger partial charge in [0, 0.05) is 11.3 Å². The Balaban J connectivity index is 1.78. The molecule has 0 aliphatic carbocycles. The molecule has 5 heteroatoms. The fourth-order valence-electron chi connectivity index (χ4n) is 3.10. The zero-order valence-corrected chi connectivity index (χ0v) is 13.5. The van der Waals surface area contributed by atoms with Crippen molar-refractivity contribution in [3.05, 3.63) is 71.4 Å². The van der Waals surface area contributed by atoms with E-state index < -0.39 is 0 Å². The fraction of sp³-hybridized carbons (Fsp3) is 0.158. The van der Waals surface area contributed by atoms with Crippen molar-refractivity contribution in [2.24, 2.45) is 0 Å². The molecule has 1 aromatic heterocycles. The molecular weight excluding hydrogens is 302 g/mol. The SMILES string of the molecule is COC(=O)c1ccc(C2Nc3ccccc3-c3cc(C)nn32)cc1. The molecule has 120 valence electrons. The van der Waals surface area contributed by atoms with Crippen LogP contribution in [0.25, 0.3) is 11.3 Å². The van der Waals surface area contributed by atoms with E-state index in [1.807, 2.05) is 35.9 Å². The molecule has 1 atom stereocenters. The number of aryl methyl sites for hydroxylation is 1. The number of para-hydroxylation sites is 1. The van der Waals surface area contributed by atoms with E-state index in [0.29, 0.717) is 5.56 Å². The first-order valence-electron chi connectivity index (χ1n) is 7.78. The minimum absolute atomic E-state index is 0.115. The number of rotatable bonds is 2. The molecule has 1 aliphatic rings. The van der Waals surface area contributed by atoms with Crippen molar-refractivity contribution < 1.29 is 9.53 Å². The molecule has 0 spiro atoms. The largest absolute Gasteiger partial charge is 0.465 e. The molecule has 0 amide bonds. The van der Waals surface area contributed by atoms with E-state index >= 15 is 0 Å². The summed E-state index contributed by atoms with van der Waals surface area (Å²) in [6, 6.07) is 17.7. The number of methoxy groups -OCH3 is 1. The van der Waals surface area contributed by atoms with Gasteiger partial charge in [0.25, 0.3) is 0 Å². The molecule has 2 aromatic carbocycles. The zero-order valence-electron chi connectivity index (χ0n) is 13.5. The van der Waals surface area contributed by atoms with Gasteiger partial charge in [-0.1, -0.05) is 30.3 Å². The van der Waals surface area contributed by atoms with E-state index in [9.17, 15) is 4.79 Å². The third-order valence-corrected chi connectivity index (χ3v) is 4.25. The molecule has 2 heterocycles. The Hall–Kier alpha value is -3.08. The number of nitrogens with zero attached hydrogens (tertiary/aromatic N) is 2. The van der Waals surface area contributed by atoms with Gasteiger partial charge < -0.3 is 10.1 Å². The molecule has 0 bridgehead atoms. The number of ether oxygens (including phenoxy) is 1. The normalized spacial score (nSPS) is 15.2. The van der Waals surface area contributed by atoms with Crippen LogP contribution in [0.1, 0.15) is 27.8 Å². The predicted octanol–water partition coefficient (Wildman–Crippen LogP) is 3.62. The quantitative estimate of drug-likeness (QED) is 0.733. The Bertz CT molecular complexity index is 913. The third-order valence-electron chi connectivity index (χ3n) is 4.25. The first-order chi connectivity index (χ1) is 11.7. The summed E-state index contributed by atoms with van der Waals surface area (Å²) >= 11 is 0. The summed E-state index contributed by atoms with van der Waals surface area (Å²) < 4.78 is 6.75. The topological polar surface area (TPSA) is 56.1 Å². The molecule has 0 saturated heterocycles. The third kappa shape index (κ3) is 2.25. The van der Waals surface area contributed by atoms with Crippen LogP contribution in [-0.2, 0) is 4.74 Å². The summed E-state index contributed by atoms with van der Waals surface area (Å²) in [5.41, 5.74) is 5.84. The van der Waals surface area contributed by atoms with Gasteiger partial charge in [-0.05, 0) is 36.8 Å². The van der Waals surface area contributed by atoms with Crippen LogP contribution in [0.3, 0.4) is 0 Å². The average molecular weight is 319 g/mol. The molecular formula is C19H17N3O2. The van der Waals surface area contributed by atoms with Gasteiger partial charge in [-0.15, -0.1) is 0 Å². The van der Waals surface area contributed by atoms with Gasteiger partial charge in [0.05, 0.1) is 24.1 Å². The van der Waals surface area contributed by atoms with Gasteiger partial charge in [0.2, 0.25) is 0 Å². The Labute approximate surface area is 139 Å². The zero-order chi connectivity index (χ0) is 16.7. The Kier molecular flexibility index (Phi) is 3.34. The van der Waals surface area contributed by atoms with Crippen molar-refractivity contribution in [1.82, 2.24) is 9.78 Å². The van der Waals surface area contributed by atoms with Gasteiger partial charge in [-0.2, -0.15) is 5.10 Å². The summed E-state index contributed by atoms with van der Waals surface area (Å²) in [5.74, 6) is -0.334. The molecule has 1 N–H and O–H groups in total. The summed E-state index contributed by atoms with van der Waals surface area (Å²) in [5, 5.41) is 8.17. The van der Waals surface area contributed by atoms with E-state index in [4.69, 9.17) is 4.74 Å². The van der Waals surface area contributed by atoms with Gasteiger partial charge in [-0.3, -0.25) is 0 Å². The number of nitrogens with one attached hydrogen (secondary N) is 1. The average Bonchev–Trinajstić information content (AvgIpc) is 3.02. The second-order valence-electron chi connectivity index (χ2n) is 5.82. The molecule has 3 aromatic rings. The number of carbonyl (C=O) groups excluding carboxylic acids is 1. The lowest BCUT2D eigenvalue weighted by atomic mass is 10.0. The highest BCUT2D eigenvalue weighted by Gasteiger charge is 2.26. The van der Waals surface area contributed by atoms with Crippen LogP contribution in [-0.4, -0.2) is 22.9 Å². The first-order valence-corrected chi connectivity index (χ1v) is 7.78. The number of hydrogen-bond donors (Lipinski definition) is 1. The Morgan fingerprint density at radius 3 is 2.67 bits per heavy atom. The van der Waals surface area contributed by atoms with E-state index in [-0.39, 0.29) is 12.1 Å². The fourth-order valence-corrected chi connectivity index (χ4v) is 3.10. The molecule has 5 nitrogen and oxygen atoms in total. The molecule has 4 rings (SSSR count). The standard InChI is InChI=1S/C19H17N3O2/c1-12-11-17-15-5-3-4-6-16(15)20-18(22(17)21-12)13-7-9-14(10-8-13)19(23)24-2/h3-11,18,20H,1-2H3. The van der Waals surface area contributed by atoms with E-state index in [1.54, 1.807) is 12.1 Å². The van der Waals surface area contributed by atoms with Crippen molar-refractivity contribution in [2.75, 3.05) is 12.4 Å². The minimum atomic E-state index is -0.334. The van der Waals surface area contributed by atoms with E-state index in [2.05, 4.69) is 28.6 Å². The lowest BCUT2D eigenvalue weighted by molar-refractivity contribution is 0.0600. The van der Waals surface area contributed by atoms with Crippen molar-refractivity contribution in [1.29, 1.82) is 0 Å². The number of esters is 1. The van der Waals surface area contributed by atoms with Crippen LogP contribution >= 0.6 is 0 Å². The minimum Gasteiger partial charge on any atom is -0.465 e. The van der Waals surface area contributed by atoms with E-state index in [0.717, 1.165) is 28.2 Å². The molecule has 0 fully saturated rings. The van der Waals surface area contributed by atoms with Crippen LogP contribution in [0, 0.1) is 6.92 Å². The van der Waals surface area contributed by atoms with Crippen molar-refractivity contribution in [3.63, 3.8) is 0 Å². The van der Waals surface area contributed by atoms with Crippen LogP contribution in [0.4, 0.5) is 5.69 Å². The molecule has 1 aliphatic heterocycles. The number of aromatic nitrogens is 2. The monoisotopic (exact) mass is 319 g/mol. The van der Waals surface area contributed by atoms with Crippen LogP contribution in [0.15, 0.2) is 54.6 Å². The molecule has 24 heavy (non-hydrogen) atoms. The number of benzene rings is 2. The Morgan fingerprint density at radius 2 is 1.92 bits per heavy atom. The van der Waals surface area contributed by atoms with Crippen LogP contribution in [0.5, 0.6) is 0 Å². The number of hydrogen-bond acceptors (Lipinski definition) is 4. The summed E-state index contributed by atoms with van der Waals surface area (Å²) in [4.78, 5) is 11.6. The smallest absolute Gasteiger partial charge is 0.337 e. The van der Waals surface area contributed by atoms with Crippen molar-refractivity contribution >= 4 is 11.7 Å². The van der Waals surface area contributed by atoms with Gasteiger partial charge >= 0.3 is 5.97 Å². The van der Waals surface area contributed by atoms with E-state index in [1.165, 1.54) is 7.11 Å². The maximum absolute atomic E-state index is 11.6. The lowest BCUT2D eigenvalue weighted by Crippen LogP contribution is -2.25. The lowest BCUT2D eigenvalue weighted by Gasteiger charge is -2.29. The number of carbonyl (C=O) groups is 1. The highest BCUT2D eigenvalue weighted by molar-refractivity contribution is 5.89. The van der Waals surface area contributed by atoms with Gasteiger partial charge in [0.1, 0.15) is 6.17 Å². The van der Waals surface area contributed by atoms with Crippen molar-refractivity contribution in [2.45, 2.75) is 13.1 Å². The molecule has 0 radical (unpaired) electrons. The highest BCUT2D eigenvalue weighted by Crippen LogP contribution is 2.38. The predicted molar refractivity (Wildman–Crippen MR) is 91.9 cm³/mol. The maximum atomic E-state index is 11.6. The second kappa shape index (κ2) is 5.53. The maximum Gasteiger partial charge on any atom is 0.337 e. The van der Waals surface area contributed by atoms with Crippen LogP contribution in [0.2, 0.25) is 0 Å². The molecule has 1 unspecified atom stereocenters. The summed E-state index contributed by atoms with van der Waals surface area (Å²) in [6.45, 7) is 1.99. The van der Waals surface area contributed by atoms with Gasteiger partial charge in [0.15, 0.2) is 0 Å². The molecule has 0 saturated carbocycles. The number of anilines is 1. The summed E-state index contributed by atoms with van der Waals surface area (Å²) in [7, 11) is 1.38.